The van der Waals surface area contributed by atoms with E-state index in [2.05, 4.69) is 9.44 Å². The molecule has 0 radical (unpaired) electrons. The van der Waals surface area contributed by atoms with Crippen molar-refractivity contribution in [1.29, 1.82) is 0 Å². The Kier molecular flexibility index (Phi) is 6.01. The fourth-order valence-corrected chi connectivity index (χ4v) is 8.99. The molecule has 2 spiro atoms. The number of alkyl halides is 2. The Morgan fingerprint density at radius 2 is 1.60 bits per heavy atom. The fraction of sp³-hybridized carbons (Fsp3) is 0.536. The van der Waals surface area contributed by atoms with Gasteiger partial charge in [-0.1, -0.05) is 6.07 Å². The van der Waals surface area contributed by atoms with Gasteiger partial charge in [0.2, 0.25) is 20.0 Å². The van der Waals surface area contributed by atoms with Crippen molar-refractivity contribution in [2.24, 2.45) is 5.41 Å². The van der Waals surface area contributed by atoms with Crippen molar-refractivity contribution < 1.29 is 33.3 Å². The first-order valence-corrected chi connectivity index (χ1v) is 16.9. The highest BCUT2D eigenvalue weighted by Gasteiger charge is 2.56. The monoisotopic (exact) mass is 597 g/mol. The number of hydrogen-bond donors (Lipinski definition) is 2. The van der Waals surface area contributed by atoms with E-state index in [0.717, 1.165) is 37.5 Å². The van der Waals surface area contributed by atoms with Gasteiger partial charge in [-0.3, -0.25) is 9.52 Å². The van der Waals surface area contributed by atoms with Crippen LogP contribution in [-0.4, -0.2) is 47.0 Å². The van der Waals surface area contributed by atoms with Gasteiger partial charge in [0.25, 0.3) is 11.8 Å². The second-order valence-electron chi connectivity index (χ2n) is 12.7. The summed E-state index contributed by atoms with van der Waals surface area (Å²) in [5.74, 6) is -3.27. The lowest BCUT2D eigenvalue weighted by Gasteiger charge is -2.44. The van der Waals surface area contributed by atoms with Gasteiger partial charge in [0.05, 0.1) is 11.2 Å². The minimum atomic E-state index is -4.14. The maximum Gasteiger partial charge on any atom is 0.258 e. The van der Waals surface area contributed by atoms with Crippen molar-refractivity contribution in [2.75, 3.05) is 22.4 Å². The number of carbonyl (C=O) groups is 1. The van der Waals surface area contributed by atoms with E-state index in [9.17, 15) is 30.4 Å². The molecule has 40 heavy (non-hydrogen) atoms. The maximum atomic E-state index is 13.9. The maximum absolute atomic E-state index is 13.9. The summed E-state index contributed by atoms with van der Waals surface area (Å²) < 4.78 is 81.8. The molecule has 3 fully saturated rings. The standard InChI is InChI=1S/C28H33F2N3O5S2.2H2/c1-25(16-28(29,30)17-25)32-40(37,38)21-5-3-4-19(14-21)24(34)33-18-27(12-10-26(8-9-26)11-13-27)22-15-20(6-7-23(22)33)31-39(2,35)36;;/h3-7,14-15,31-32H,8-13,16-18H2,1-2H3;2*1H. The van der Waals surface area contributed by atoms with Gasteiger partial charge in [-0.2, -0.15) is 0 Å². The van der Waals surface area contributed by atoms with Crippen molar-refractivity contribution in [3.05, 3.63) is 53.6 Å². The van der Waals surface area contributed by atoms with Crippen LogP contribution < -0.4 is 14.3 Å². The Balaban J connectivity index is 0.00000202. The first-order valence-electron chi connectivity index (χ1n) is 13.5. The molecule has 1 amide bonds. The van der Waals surface area contributed by atoms with Crippen LogP contribution in [0.1, 0.15) is 77.1 Å². The number of benzene rings is 2. The summed E-state index contributed by atoms with van der Waals surface area (Å²) in [6.07, 6.45) is 6.24. The third-order valence-corrected chi connectivity index (χ3v) is 11.4. The molecule has 0 unspecified atom stereocenters. The second kappa shape index (κ2) is 8.72. The lowest BCUT2D eigenvalue weighted by atomic mass is 9.66. The van der Waals surface area contributed by atoms with Crippen LogP contribution in [0.2, 0.25) is 0 Å². The summed E-state index contributed by atoms with van der Waals surface area (Å²) in [6, 6.07) is 10.9. The van der Waals surface area contributed by atoms with Gasteiger partial charge >= 0.3 is 0 Å². The van der Waals surface area contributed by atoms with E-state index in [0.29, 0.717) is 23.3 Å². The number of anilines is 2. The molecular weight excluding hydrogens is 560 g/mol. The molecule has 0 bridgehead atoms. The normalized spacial score (nSPS) is 23.4. The summed E-state index contributed by atoms with van der Waals surface area (Å²) in [5.41, 5.74) is 1.06. The lowest BCUT2D eigenvalue weighted by molar-refractivity contribution is -0.121. The highest BCUT2D eigenvalue weighted by Crippen LogP contribution is 2.62. The molecule has 0 atom stereocenters. The van der Waals surface area contributed by atoms with E-state index < -0.39 is 44.3 Å². The Morgan fingerprint density at radius 3 is 2.20 bits per heavy atom. The van der Waals surface area contributed by atoms with E-state index >= 15 is 0 Å². The SMILES string of the molecule is CC1(NS(=O)(=O)c2cccc(C(=O)N3CC4(CCC5(CC5)CC4)c4cc(NS(C)(=O)=O)ccc43)c2)CC(F)(F)C1.[HH].[HH]. The molecule has 3 aliphatic carbocycles. The van der Waals surface area contributed by atoms with Crippen LogP contribution in [0.15, 0.2) is 47.4 Å². The molecule has 2 N–H and O–H groups in total. The fourth-order valence-electron chi connectivity index (χ4n) is 6.99. The smallest absolute Gasteiger partial charge is 0.258 e. The number of fused-ring (bicyclic) bond motifs is 2. The van der Waals surface area contributed by atoms with E-state index in [1.165, 1.54) is 38.0 Å². The lowest BCUT2D eigenvalue weighted by Crippen LogP contribution is -2.60. The van der Waals surface area contributed by atoms with Crippen LogP contribution >= 0.6 is 0 Å². The molecule has 2 aromatic rings. The zero-order valence-corrected chi connectivity index (χ0v) is 24.1. The zero-order chi connectivity index (χ0) is 28.8. The quantitative estimate of drug-likeness (QED) is 0.471. The van der Waals surface area contributed by atoms with Crippen molar-refractivity contribution >= 4 is 37.3 Å². The topological polar surface area (TPSA) is 113 Å². The molecule has 2 aromatic carbocycles. The van der Waals surface area contributed by atoms with Gasteiger partial charge in [0.1, 0.15) is 0 Å². The molecule has 6 rings (SSSR count). The highest BCUT2D eigenvalue weighted by atomic mass is 32.2. The Morgan fingerprint density at radius 1 is 0.950 bits per heavy atom. The molecule has 3 saturated carbocycles. The summed E-state index contributed by atoms with van der Waals surface area (Å²) in [4.78, 5) is 15.4. The van der Waals surface area contributed by atoms with Gasteiger partial charge in [-0.15, -0.1) is 0 Å². The predicted octanol–water partition coefficient (Wildman–Crippen LogP) is 5.27. The first-order chi connectivity index (χ1) is 18.5. The average Bonchev–Trinajstić information content (AvgIpc) is 3.53. The van der Waals surface area contributed by atoms with E-state index in [1.54, 1.807) is 23.1 Å². The minimum Gasteiger partial charge on any atom is -0.307 e. The van der Waals surface area contributed by atoms with Gasteiger partial charge in [0, 0.05) is 50.1 Å². The third kappa shape index (κ3) is 5.02. The number of rotatable bonds is 6. The van der Waals surface area contributed by atoms with Gasteiger partial charge in [0.15, 0.2) is 0 Å². The minimum absolute atomic E-state index is 0. The summed E-state index contributed by atoms with van der Waals surface area (Å²) in [7, 11) is -7.63. The average molecular weight is 598 g/mol. The molecule has 8 nitrogen and oxygen atoms in total. The summed E-state index contributed by atoms with van der Waals surface area (Å²) in [6.45, 7) is 1.86. The predicted molar refractivity (Wildman–Crippen MR) is 152 cm³/mol. The molecule has 4 aliphatic rings. The van der Waals surface area contributed by atoms with Crippen LogP contribution in [0.4, 0.5) is 20.2 Å². The van der Waals surface area contributed by atoms with Crippen molar-refractivity contribution in [2.45, 2.75) is 80.1 Å². The number of nitrogens with one attached hydrogen (secondary N) is 2. The molecule has 220 valence electrons. The number of hydrogen-bond acceptors (Lipinski definition) is 5. The molecule has 0 aromatic heterocycles. The van der Waals surface area contributed by atoms with E-state index in [4.69, 9.17) is 0 Å². The number of carbonyl (C=O) groups excluding carboxylic acids is 1. The molecule has 1 aliphatic heterocycles. The van der Waals surface area contributed by atoms with Crippen LogP contribution in [-0.2, 0) is 25.5 Å². The first kappa shape index (κ1) is 27.6. The summed E-state index contributed by atoms with van der Waals surface area (Å²) >= 11 is 0. The van der Waals surface area contributed by atoms with Crippen LogP contribution in [0.3, 0.4) is 0 Å². The van der Waals surface area contributed by atoms with Crippen LogP contribution in [0.25, 0.3) is 0 Å². The van der Waals surface area contributed by atoms with E-state index in [-0.39, 0.29) is 24.6 Å². The highest BCUT2D eigenvalue weighted by molar-refractivity contribution is 7.92. The van der Waals surface area contributed by atoms with Crippen molar-refractivity contribution in [3.8, 4) is 0 Å². The molecule has 1 heterocycles. The van der Waals surface area contributed by atoms with Gasteiger partial charge in [-0.25, -0.2) is 30.3 Å². The number of halogens is 2. The zero-order valence-electron chi connectivity index (χ0n) is 22.5. The molecule has 12 heteroatoms. The number of amides is 1. The van der Waals surface area contributed by atoms with Crippen molar-refractivity contribution in [1.82, 2.24) is 4.72 Å². The van der Waals surface area contributed by atoms with Crippen LogP contribution in [0.5, 0.6) is 0 Å². The number of sulfonamides is 2. The summed E-state index contributed by atoms with van der Waals surface area (Å²) in [5, 5.41) is 0. The third-order valence-electron chi connectivity index (χ3n) is 9.16. The Labute approximate surface area is 236 Å². The Bertz CT molecular complexity index is 1610. The van der Waals surface area contributed by atoms with E-state index in [1.807, 2.05) is 6.07 Å². The largest absolute Gasteiger partial charge is 0.307 e. The Hall–Kier alpha value is -2.57. The van der Waals surface area contributed by atoms with Crippen molar-refractivity contribution in [3.63, 3.8) is 0 Å². The molecular formula is C28H37F2N3O5S2. The number of nitrogens with zero attached hydrogens (tertiary/aromatic N) is 1. The van der Waals surface area contributed by atoms with Gasteiger partial charge < -0.3 is 4.90 Å². The second-order valence-corrected chi connectivity index (χ2v) is 16.1. The van der Waals surface area contributed by atoms with Crippen LogP contribution in [0, 0.1) is 5.41 Å². The molecule has 0 saturated heterocycles. The van der Waals surface area contributed by atoms with Gasteiger partial charge in [-0.05, 0) is 92.8 Å².